The highest BCUT2D eigenvalue weighted by atomic mass is 35.5. The van der Waals surface area contributed by atoms with Gasteiger partial charge in [0.15, 0.2) is 0 Å². The Kier molecular flexibility index (Phi) is 3.61. The van der Waals surface area contributed by atoms with E-state index in [0.717, 1.165) is 0 Å². The zero-order valence-electron chi connectivity index (χ0n) is 6.28. The molecule has 0 saturated heterocycles. The Morgan fingerprint density at radius 1 is 0.800 bits per heavy atom. The Hall–Kier alpha value is -0.600. The Morgan fingerprint density at radius 2 is 1.13 bits per heavy atom. The van der Waals surface area contributed by atoms with Gasteiger partial charge in [-0.2, -0.15) is 35.1 Å². The fourth-order valence-electron chi connectivity index (χ4n) is 0.435. The van der Waals surface area contributed by atoms with Crippen LogP contribution in [0.5, 0.6) is 0 Å². The van der Waals surface area contributed by atoms with Crippen LogP contribution in [0.2, 0.25) is 0 Å². The van der Waals surface area contributed by atoms with E-state index in [4.69, 9.17) is 0 Å². The summed E-state index contributed by atoms with van der Waals surface area (Å²) in [6.07, 6.45) is -6.74. The molecule has 0 bridgehead atoms. The predicted octanol–water partition coefficient (Wildman–Crippen LogP) is 4.17. The first-order chi connectivity index (χ1) is 6.35. The highest BCUT2D eigenvalue weighted by Crippen LogP contribution is 2.51. The molecule has 0 radical (unpaired) electrons. The molecule has 10 heteroatoms. The fourth-order valence-corrected chi connectivity index (χ4v) is 0.553. The number of allylic oxidation sites excluding steroid dienone is 1. The van der Waals surface area contributed by atoms with Crippen LogP contribution in [0, 0.1) is 0 Å². The maximum atomic E-state index is 12.1. The second kappa shape index (κ2) is 3.76. The molecule has 0 amide bonds. The molecule has 0 unspecified atom stereocenters. The summed E-state index contributed by atoms with van der Waals surface area (Å²) in [5.41, 5.74) is 0. The van der Waals surface area contributed by atoms with Crippen molar-refractivity contribution in [2.24, 2.45) is 0 Å². The van der Waals surface area contributed by atoms with E-state index in [0.29, 0.717) is 0 Å². The molecule has 0 spiro atoms. The van der Waals surface area contributed by atoms with Crippen molar-refractivity contribution in [2.75, 3.05) is 0 Å². The van der Waals surface area contributed by atoms with E-state index in [-0.39, 0.29) is 0 Å². The van der Waals surface area contributed by atoms with Crippen molar-refractivity contribution in [3.8, 4) is 0 Å². The van der Waals surface area contributed by atoms with E-state index < -0.39 is 29.1 Å². The van der Waals surface area contributed by atoms with Gasteiger partial charge in [0, 0.05) is 0 Å². The van der Waals surface area contributed by atoms with Gasteiger partial charge < -0.3 is 0 Å². The third kappa shape index (κ3) is 2.32. The highest BCUT2D eigenvalue weighted by molar-refractivity contribution is 6.28. The first-order valence-corrected chi connectivity index (χ1v) is 3.27. The summed E-state index contributed by atoms with van der Waals surface area (Å²) in [4.78, 5) is 0. The monoisotopic (exact) mass is 266 g/mol. The fraction of sp³-hybridized carbons (Fsp3) is 0.600. The van der Waals surface area contributed by atoms with E-state index in [9.17, 15) is 39.5 Å². The lowest BCUT2D eigenvalue weighted by molar-refractivity contribution is -0.347. The lowest BCUT2D eigenvalue weighted by Gasteiger charge is -2.26. The highest BCUT2D eigenvalue weighted by Gasteiger charge is 2.75. The third-order valence-corrected chi connectivity index (χ3v) is 1.36. The number of halogens is 10. The van der Waals surface area contributed by atoms with E-state index in [1.807, 2.05) is 0 Å². The van der Waals surface area contributed by atoms with Crippen LogP contribution in [-0.4, -0.2) is 18.0 Å². The summed E-state index contributed by atoms with van der Waals surface area (Å²) in [5, 5.41) is -2.97. The molecule has 15 heavy (non-hydrogen) atoms. The van der Waals surface area contributed by atoms with E-state index in [2.05, 4.69) is 11.6 Å². The smallest absolute Gasteiger partial charge is 0.201 e. The van der Waals surface area contributed by atoms with Crippen LogP contribution in [-0.2, 0) is 0 Å². The molecule has 0 nitrogen and oxygen atoms in total. The van der Waals surface area contributed by atoms with Crippen LogP contribution < -0.4 is 0 Å². The van der Waals surface area contributed by atoms with Crippen LogP contribution >= 0.6 is 11.6 Å². The van der Waals surface area contributed by atoms with Crippen molar-refractivity contribution < 1.29 is 39.5 Å². The second-order valence-electron chi connectivity index (χ2n) is 2.22. The molecular weight excluding hydrogens is 266 g/mol. The van der Waals surface area contributed by atoms with Gasteiger partial charge in [-0.3, -0.25) is 0 Å². The maximum Gasteiger partial charge on any atom is 0.460 e. The van der Waals surface area contributed by atoms with Gasteiger partial charge in [0.1, 0.15) is 0 Å². The second-order valence-corrected chi connectivity index (χ2v) is 2.55. The summed E-state index contributed by atoms with van der Waals surface area (Å²) in [6.45, 7) is 0. The summed E-state index contributed by atoms with van der Waals surface area (Å²) in [7, 11) is 0. The molecule has 0 aliphatic rings. The lowest BCUT2D eigenvalue weighted by Crippen LogP contribution is -2.52. The van der Waals surface area contributed by atoms with Crippen LogP contribution in [0.3, 0.4) is 0 Å². The zero-order chi connectivity index (χ0) is 12.7. The summed E-state index contributed by atoms with van der Waals surface area (Å²) in [6, 6.07) is 0. The Labute approximate surface area is 81.3 Å². The van der Waals surface area contributed by atoms with Gasteiger partial charge >= 0.3 is 18.0 Å². The SMILES string of the molecule is FC(Cl)=C(F)C(F)(F)C(F)(F)C(F)(F)F. The quantitative estimate of drug-likeness (QED) is 0.658. The molecule has 0 fully saturated rings. The molecule has 0 atom stereocenters. The lowest BCUT2D eigenvalue weighted by atomic mass is 10.1. The number of hydrogen-bond donors (Lipinski definition) is 0. The minimum atomic E-state index is -6.75. The minimum absolute atomic E-state index is 2.97. The predicted molar refractivity (Wildman–Crippen MR) is 31.0 cm³/mol. The van der Waals surface area contributed by atoms with Crippen molar-refractivity contribution in [3.05, 3.63) is 11.1 Å². The molecule has 90 valence electrons. The average molecular weight is 266 g/mol. The van der Waals surface area contributed by atoms with Crippen LogP contribution in [0.25, 0.3) is 0 Å². The largest absolute Gasteiger partial charge is 0.460 e. The molecule has 0 rings (SSSR count). The average Bonchev–Trinajstić information content (AvgIpc) is 2.00. The van der Waals surface area contributed by atoms with Gasteiger partial charge in [-0.1, -0.05) is 0 Å². The van der Waals surface area contributed by atoms with Crippen molar-refractivity contribution in [1.29, 1.82) is 0 Å². The summed E-state index contributed by atoms with van der Waals surface area (Å²) >= 11 is 3.93. The molecule has 0 aromatic rings. The molecular formula is C5ClF9. The van der Waals surface area contributed by atoms with E-state index >= 15 is 0 Å². The summed E-state index contributed by atoms with van der Waals surface area (Å²) in [5.74, 6) is -16.8. The Morgan fingerprint density at radius 3 is 1.33 bits per heavy atom. The van der Waals surface area contributed by atoms with E-state index in [1.165, 1.54) is 0 Å². The van der Waals surface area contributed by atoms with E-state index in [1.54, 1.807) is 0 Å². The Bertz CT molecular complexity index is 271. The minimum Gasteiger partial charge on any atom is -0.201 e. The normalized spacial score (nSPS) is 16.4. The Balaban J connectivity index is 5.49. The molecule has 0 aliphatic carbocycles. The third-order valence-electron chi connectivity index (χ3n) is 1.19. The van der Waals surface area contributed by atoms with Gasteiger partial charge in [0.05, 0.1) is 0 Å². The molecule has 0 aliphatic heterocycles. The molecule has 0 heterocycles. The number of alkyl halides is 7. The standard InChI is InChI=1S/C5ClF9/c6-2(8)1(7)3(9,10)4(11,12)5(13,14)15. The molecule has 0 saturated carbocycles. The zero-order valence-corrected chi connectivity index (χ0v) is 7.04. The van der Waals surface area contributed by atoms with Crippen molar-refractivity contribution in [1.82, 2.24) is 0 Å². The molecule has 0 N–H and O–H groups in total. The van der Waals surface area contributed by atoms with Crippen molar-refractivity contribution >= 4 is 11.6 Å². The van der Waals surface area contributed by atoms with Crippen molar-refractivity contribution in [2.45, 2.75) is 18.0 Å². The first-order valence-electron chi connectivity index (χ1n) is 2.89. The van der Waals surface area contributed by atoms with Crippen molar-refractivity contribution in [3.63, 3.8) is 0 Å². The van der Waals surface area contributed by atoms with Gasteiger partial charge in [0.2, 0.25) is 11.1 Å². The van der Waals surface area contributed by atoms with Gasteiger partial charge in [-0.15, -0.1) is 0 Å². The van der Waals surface area contributed by atoms with Crippen LogP contribution in [0.4, 0.5) is 39.5 Å². The van der Waals surface area contributed by atoms with Gasteiger partial charge in [-0.05, 0) is 11.6 Å². The first kappa shape index (κ1) is 14.4. The van der Waals surface area contributed by atoms with Gasteiger partial charge in [-0.25, -0.2) is 4.39 Å². The maximum absolute atomic E-state index is 12.1. The number of hydrogen-bond acceptors (Lipinski definition) is 0. The van der Waals surface area contributed by atoms with Crippen LogP contribution in [0.1, 0.15) is 0 Å². The molecule has 0 aromatic carbocycles. The van der Waals surface area contributed by atoms with Crippen LogP contribution in [0.15, 0.2) is 11.1 Å². The number of rotatable bonds is 2. The van der Waals surface area contributed by atoms with Gasteiger partial charge in [0.25, 0.3) is 0 Å². The molecule has 0 aromatic heterocycles. The summed E-state index contributed by atoms with van der Waals surface area (Å²) < 4.78 is 106. The topological polar surface area (TPSA) is 0 Å².